The molecule has 0 saturated carbocycles. The summed E-state index contributed by atoms with van der Waals surface area (Å²) in [6.45, 7) is 1.83. The third-order valence-electron chi connectivity index (χ3n) is 1.72. The first-order chi connectivity index (χ1) is 6.25. The zero-order valence-corrected chi connectivity index (χ0v) is 8.01. The number of nitrogens with one attached hydrogen (secondary N) is 1. The van der Waals surface area contributed by atoms with Crippen LogP contribution in [0.25, 0.3) is 0 Å². The Hall–Kier alpha value is -0.770. The summed E-state index contributed by atoms with van der Waals surface area (Å²) < 4.78 is 0. The van der Waals surface area contributed by atoms with E-state index in [-0.39, 0.29) is 5.75 Å². The van der Waals surface area contributed by atoms with E-state index < -0.39 is 0 Å². The van der Waals surface area contributed by atoms with Crippen molar-refractivity contribution >= 4 is 11.6 Å². The molecule has 1 rings (SSSR count). The van der Waals surface area contributed by atoms with Gasteiger partial charge in [0.25, 0.3) is 0 Å². The molecule has 13 heavy (non-hydrogen) atoms. The molecular weight excluding hydrogens is 188 g/mol. The van der Waals surface area contributed by atoms with Gasteiger partial charge in [-0.15, -0.1) is 0 Å². The van der Waals surface area contributed by atoms with Gasteiger partial charge in [-0.3, -0.25) is 0 Å². The molecule has 1 aromatic carbocycles. The molecular formula is C9H13ClN2O. The molecule has 0 heterocycles. The fraction of sp³-hybridized carbons (Fsp3) is 0.333. The van der Waals surface area contributed by atoms with Gasteiger partial charge in [0.2, 0.25) is 0 Å². The van der Waals surface area contributed by atoms with E-state index in [0.29, 0.717) is 24.7 Å². The molecule has 4 N–H and O–H groups in total. The lowest BCUT2D eigenvalue weighted by Gasteiger charge is -2.07. The van der Waals surface area contributed by atoms with Crippen molar-refractivity contribution in [1.29, 1.82) is 0 Å². The molecule has 72 valence electrons. The minimum absolute atomic E-state index is 0.219. The van der Waals surface area contributed by atoms with Crippen LogP contribution in [0.15, 0.2) is 18.2 Å². The predicted octanol–water partition coefficient (Wildman–Crippen LogP) is 1.09. The average Bonchev–Trinajstić information content (AvgIpc) is 2.10. The van der Waals surface area contributed by atoms with Crippen molar-refractivity contribution in [3.63, 3.8) is 0 Å². The highest BCUT2D eigenvalue weighted by atomic mass is 35.5. The van der Waals surface area contributed by atoms with Gasteiger partial charge in [-0.1, -0.05) is 17.7 Å². The normalized spacial score (nSPS) is 10.3. The van der Waals surface area contributed by atoms with Gasteiger partial charge in [0.1, 0.15) is 5.75 Å². The van der Waals surface area contributed by atoms with Gasteiger partial charge in [-0.25, -0.2) is 0 Å². The Bertz CT molecular complexity index is 258. The number of rotatable bonds is 4. The number of phenolic OH excluding ortho intramolecular Hbond substituents is 1. The van der Waals surface area contributed by atoms with Crippen LogP contribution in [-0.4, -0.2) is 18.2 Å². The highest BCUT2D eigenvalue weighted by molar-refractivity contribution is 6.31. The smallest absolute Gasteiger partial charge is 0.121 e. The summed E-state index contributed by atoms with van der Waals surface area (Å²) in [4.78, 5) is 0. The molecule has 0 atom stereocenters. The first kappa shape index (κ1) is 10.3. The summed E-state index contributed by atoms with van der Waals surface area (Å²) in [5, 5.41) is 13.1. The second kappa shape index (κ2) is 5.07. The van der Waals surface area contributed by atoms with E-state index in [2.05, 4.69) is 5.32 Å². The summed E-state index contributed by atoms with van der Waals surface area (Å²) in [6, 6.07) is 5.08. The fourth-order valence-corrected chi connectivity index (χ4v) is 1.27. The number of nitrogens with two attached hydrogens (primary N) is 1. The van der Waals surface area contributed by atoms with Crippen LogP contribution in [0.5, 0.6) is 5.75 Å². The average molecular weight is 201 g/mol. The quantitative estimate of drug-likeness (QED) is 0.638. The zero-order chi connectivity index (χ0) is 9.68. The largest absolute Gasteiger partial charge is 0.508 e. The van der Waals surface area contributed by atoms with E-state index >= 15 is 0 Å². The number of hydrogen-bond donors (Lipinski definition) is 3. The highest BCUT2D eigenvalue weighted by Crippen LogP contribution is 2.24. The minimum Gasteiger partial charge on any atom is -0.508 e. The summed E-state index contributed by atoms with van der Waals surface area (Å²) >= 11 is 5.88. The van der Waals surface area contributed by atoms with Crippen LogP contribution in [0.2, 0.25) is 5.02 Å². The topological polar surface area (TPSA) is 58.3 Å². The summed E-state index contributed by atoms with van der Waals surface area (Å²) in [5.74, 6) is 0.219. The summed E-state index contributed by atoms with van der Waals surface area (Å²) in [5.41, 5.74) is 6.03. The van der Waals surface area contributed by atoms with Crippen molar-refractivity contribution < 1.29 is 5.11 Å². The number of halogens is 1. The second-order valence-corrected chi connectivity index (χ2v) is 3.11. The van der Waals surface area contributed by atoms with Gasteiger partial charge in [-0.05, 0) is 12.1 Å². The third-order valence-corrected chi connectivity index (χ3v) is 2.07. The molecule has 0 amide bonds. The van der Waals surface area contributed by atoms with E-state index in [9.17, 15) is 5.11 Å². The van der Waals surface area contributed by atoms with Crippen molar-refractivity contribution in [2.75, 3.05) is 13.1 Å². The minimum atomic E-state index is 0.219. The Morgan fingerprint density at radius 3 is 2.85 bits per heavy atom. The lowest BCUT2D eigenvalue weighted by molar-refractivity contribution is 0.465. The van der Waals surface area contributed by atoms with Crippen molar-refractivity contribution in [2.45, 2.75) is 6.54 Å². The van der Waals surface area contributed by atoms with Gasteiger partial charge in [-0.2, -0.15) is 0 Å². The Kier molecular flexibility index (Phi) is 4.02. The van der Waals surface area contributed by atoms with Gasteiger partial charge in [0, 0.05) is 30.2 Å². The van der Waals surface area contributed by atoms with E-state index in [0.717, 1.165) is 5.56 Å². The lowest BCUT2D eigenvalue weighted by Crippen LogP contribution is -2.22. The maximum Gasteiger partial charge on any atom is 0.121 e. The van der Waals surface area contributed by atoms with Crippen molar-refractivity contribution in [1.82, 2.24) is 5.32 Å². The monoisotopic (exact) mass is 200 g/mol. The molecule has 0 spiro atoms. The first-order valence-corrected chi connectivity index (χ1v) is 4.50. The molecule has 0 unspecified atom stereocenters. The summed E-state index contributed by atoms with van der Waals surface area (Å²) in [6.07, 6.45) is 0. The molecule has 0 aliphatic heterocycles. The van der Waals surface area contributed by atoms with Crippen LogP contribution in [0.1, 0.15) is 5.56 Å². The Labute approximate surface area is 82.5 Å². The molecule has 0 aliphatic rings. The van der Waals surface area contributed by atoms with Crippen molar-refractivity contribution in [3.05, 3.63) is 28.8 Å². The predicted molar refractivity (Wildman–Crippen MR) is 53.9 cm³/mol. The molecule has 0 fully saturated rings. The van der Waals surface area contributed by atoms with Gasteiger partial charge in [0.05, 0.1) is 0 Å². The maximum atomic E-state index is 9.43. The Morgan fingerprint density at radius 2 is 2.23 bits per heavy atom. The number of benzene rings is 1. The van der Waals surface area contributed by atoms with Gasteiger partial charge in [0.15, 0.2) is 0 Å². The van der Waals surface area contributed by atoms with Crippen molar-refractivity contribution in [2.24, 2.45) is 5.73 Å². The SMILES string of the molecule is NCCNCc1c(O)cccc1Cl. The Balaban J connectivity index is 2.64. The van der Waals surface area contributed by atoms with Crippen LogP contribution in [0.3, 0.4) is 0 Å². The molecule has 3 nitrogen and oxygen atoms in total. The molecule has 0 bridgehead atoms. The zero-order valence-electron chi connectivity index (χ0n) is 7.26. The number of phenols is 1. The van der Waals surface area contributed by atoms with Crippen LogP contribution >= 0.6 is 11.6 Å². The summed E-state index contributed by atoms with van der Waals surface area (Å²) in [7, 11) is 0. The van der Waals surface area contributed by atoms with E-state index in [4.69, 9.17) is 17.3 Å². The molecule has 1 aromatic rings. The molecule has 4 heteroatoms. The molecule has 0 radical (unpaired) electrons. The van der Waals surface area contributed by atoms with Crippen LogP contribution in [0, 0.1) is 0 Å². The van der Waals surface area contributed by atoms with E-state index in [1.54, 1.807) is 18.2 Å². The number of hydrogen-bond acceptors (Lipinski definition) is 3. The van der Waals surface area contributed by atoms with Crippen molar-refractivity contribution in [3.8, 4) is 5.75 Å². The van der Waals surface area contributed by atoms with Crippen LogP contribution in [0.4, 0.5) is 0 Å². The molecule has 0 aromatic heterocycles. The van der Waals surface area contributed by atoms with Crippen LogP contribution in [-0.2, 0) is 6.54 Å². The fourth-order valence-electron chi connectivity index (χ4n) is 1.04. The third kappa shape index (κ3) is 2.88. The molecule has 0 saturated heterocycles. The lowest BCUT2D eigenvalue weighted by atomic mass is 10.2. The highest BCUT2D eigenvalue weighted by Gasteiger charge is 2.04. The standard InChI is InChI=1S/C9H13ClN2O/c10-8-2-1-3-9(13)7(8)6-12-5-4-11/h1-3,12-13H,4-6,11H2. The molecule has 0 aliphatic carbocycles. The maximum absolute atomic E-state index is 9.43. The van der Waals surface area contributed by atoms with Gasteiger partial charge >= 0.3 is 0 Å². The second-order valence-electron chi connectivity index (χ2n) is 2.70. The van der Waals surface area contributed by atoms with Crippen LogP contribution < -0.4 is 11.1 Å². The first-order valence-electron chi connectivity index (χ1n) is 4.13. The van der Waals surface area contributed by atoms with Gasteiger partial charge < -0.3 is 16.2 Å². The van der Waals surface area contributed by atoms with E-state index in [1.807, 2.05) is 0 Å². The van der Waals surface area contributed by atoms with E-state index in [1.165, 1.54) is 0 Å². The number of aromatic hydroxyl groups is 1. The Morgan fingerprint density at radius 1 is 1.46 bits per heavy atom.